The molecule has 4 nitrogen and oxygen atoms in total. The first-order chi connectivity index (χ1) is 9.49. The Balaban J connectivity index is 2.20. The number of benzene rings is 1. The van der Waals surface area contributed by atoms with Crippen molar-refractivity contribution < 1.29 is 13.6 Å². The molecule has 2 rings (SSSR count). The third-order valence-corrected chi connectivity index (χ3v) is 3.07. The Kier molecular flexibility index (Phi) is 4.24. The van der Waals surface area contributed by atoms with Gasteiger partial charge in [-0.25, -0.2) is 8.78 Å². The monoisotopic (exact) mass is 299 g/mol. The first kappa shape index (κ1) is 14.3. The molecule has 1 aromatic carbocycles. The zero-order chi connectivity index (χ0) is 14.7. The summed E-state index contributed by atoms with van der Waals surface area (Å²) in [6.07, 6.45) is 1.47. The summed E-state index contributed by atoms with van der Waals surface area (Å²) < 4.78 is 26.6. The summed E-state index contributed by atoms with van der Waals surface area (Å²) in [5.41, 5.74) is 6.08. The first-order valence-corrected chi connectivity index (χ1v) is 6.17. The Morgan fingerprint density at radius 1 is 1.45 bits per heavy atom. The lowest BCUT2D eigenvalue weighted by molar-refractivity contribution is -0.114. The van der Waals surface area contributed by atoms with Gasteiger partial charge in [0.1, 0.15) is 5.16 Å². The topological polar surface area (TPSA) is 67.2 Å². The van der Waals surface area contributed by atoms with Crippen molar-refractivity contribution in [1.29, 1.82) is 0 Å². The van der Waals surface area contributed by atoms with Crippen LogP contribution >= 0.6 is 11.6 Å². The van der Waals surface area contributed by atoms with Crippen molar-refractivity contribution in [2.45, 2.75) is 6.54 Å². The Hall–Kier alpha value is -2.08. The third-order valence-electron chi connectivity index (χ3n) is 2.83. The fourth-order valence-corrected chi connectivity index (χ4v) is 1.96. The van der Waals surface area contributed by atoms with Gasteiger partial charge in [0.15, 0.2) is 11.6 Å². The molecule has 1 heterocycles. The van der Waals surface area contributed by atoms with Gasteiger partial charge < -0.3 is 16.4 Å². The Morgan fingerprint density at radius 2 is 2.20 bits per heavy atom. The van der Waals surface area contributed by atoms with Crippen molar-refractivity contribution in [2.75, 3.05) is 6.54 Å². The van der Waals surface area contributed by atoms with E-state index in [9.17, 15) is 13.6 Å². The fraction of sp³-hybridized carbons (Fsp3) is 0.154. The largest absolute Gasteiger partial charge is 0.380 e. The van der Waals surface area contributed by atoms with Crippen LogP contribution < -0.4 is 16.4 Å². The molecule has 0 bridgehead atoms. The molecule has 0 radical (unpaired) electrons. The van der Waals surface area contributed by atoms with Gasteiger partial charge in [0.25, 0.3) is 0 Å². The number of rotatable bonds is 4. The van der Waals surface area contributed by atoms with Gasteiger partial charge in [0.2, 0.25) is 5.91 Å². The Morgan fingerprint density at radius 3 is 2.90 bits per heavy atom. The second kappa shape index (κ2) is 5.92. The first-order valence-electron chi connectivity index (χ1n) is 5.80. The van der Waals surface area contributed by atoms with E-state index in [4.69, 9.17) is 17.3 Å². The second-order valence-electron chi connectivity index (χ2n) is 4.17. The van der Waals surface area contributed by atoms with E-state index in [1.54, 1.807) is 0 Å². The van der Waals surface area contributed by atoms with Crippen LogP contribution in [0.15, 0.2) is 40.7 Å². The van der Waals surface area contributed by atoms with Crippen LogP contribution in [0.5, 0.6) is 0 Å². The minimum atomic E-state index is -0.926. The predicted molar refractivity (Wildman–Crippen MR) is 71.4 cm³/mol. The van der Waals surface area contributed by atoms with Crippen molar-refractivity contribution in [3.63, 3.8) is 0 Å². The predicted octanol–water partition coefficient (Wildman–Crippen LogP) is 1.48. The SMILES string of the molecule is NC(=O)C1=C(NCc2cccc(F)c2F)C=C(Cl)NC1. The molecule has 0 saturated carbocycles. The Labute approximate surface area is 119 Å². The molecule has 1 amide bonds. The van der Waals surface area contributed by atoms with Crippen LogP contribution in [0, 0.1) is 11.6 Å². The number of dihydropyridines is 1. The molecule has 106 valence electrons. The number of allylic oxidation sites excluding steroid dienone is 1. The van der Waals surface area contributed by atoms with E-state index in [0.29, 0.717) is 16.4 Å². The van der Waals surface area contributed by atoms with Crippen LogP contribution in [0.1, 0.15) is 5.56 Å². The van der Waals surface area contributed by atoms with Crippen molar-refractivity contribution >= 4 is 17.5 Å². The zero-order valence-electron chi connectivity index (χ0n) is 10.3. The van der Waals surface area contributed by atoms with Crippen LogP contribution in [-0.2, 0) is 11.3 Å². The van der Waals surface area contributed by atoms with Crippen molar-refractivity contribution in [3.05, 3.63) is 57.9 Å². The maximum absolute atomic E-state index is 13.5. The molecular formula is C13H12ClF2N3O. The summed E-state index contributed by atoms with van der Waals surface area (Å²) >= 11 is 5.81. The molecule has 4 N–H and O–H groups in total. The smallest absolute Gasteiger partial charge is 0.248 e. The van der Waals surface area contributed by atoms with E-state index in [1.807, 2.05) is 0 Å². The summed E-state index contributed by atoms with van der Waals surface area (Å²) in [5, 5.41) is 5.93. The van der Waals surface area contributed by atoms with Crippen LogP contribution in [0.25, 0.3) is 0 Å². The molecule has 0 aliphatic carbocycles. The van der Waals surface area contributed by atoms with E-state index < -0.39 is 17.5 Å². The zero-order valence-corrected chi connectivity index (χ0v) is 11.1. The lowest BCUT2D eigenvalue weighted by Gasteiger charge is -2.18. The number of carbonyl (C=O) groups excluding carboxylic acids is 1. The fourth-order valence-electron chi connectivity index (χ4n) is 1.79. The lowest BCUT2D eigenvalue weighted by atomic mass is 10.1. The summed E-state index contributed by atoms with van der Waals surface area (Å²) in [4.78, 5) is 11.3. The summed E-state index contributed by atoms with van der Waals surface area (Å²) in [6.45, 7) is 0.189. The van der Waals surface area contributed by atoms with Crippen LogP contribution in [0.2, 0.25) is 0 Å². The molecule has 0 spiro atoms. The molecule has 0 unspecified atom stereocenters. The number of primary amides is 1. The maximum atomic E-state index is 13.5. The molecular weight excluding hydrogens is 288 g/mol. The molecule has 0 saturated heterocycles. The summed E-state index contributed by atoms with van der Waals surface area (Å²) in [7, 11) is 0. The third kappa shape index (κ3) is 3.08. The van der Waals surface area contributed by atoms with Gasteiger partial charge in [-0.1, -0.05) is 23.7 Å². The number of nitrogens with two attached hydrogens (primary N) is 1. The van der Waals surface area contributed by atoms with Gasteiger partial charge in [-0.15, -0.1) is 0 Å². The van der Waals surface area contributed by atoms with Crippen LogP contribution in [0.4, 0.5) is 8.78 Å². The molecule has 1 aliphatic rings. The minimum Gasteiger partial charge on any atom is -0.380 e. The second-order valence-corrected chi connectivity index (χ2v) is 4.58. The number of nitrogens with one attached hydrogen (secondary N) is 2. The maximum Gasteiger partial charge on any atom is 0.248 e. The molecule has 0 fully saturated rings. The van der Waals surface area contributed by atoms with Crippen LogP contribution in [0.3, 0.4) is 0 Å². The normalized spacial score (nSPS) is 14.7. The number of carbonyl (C=O) groups is 1. The van der Waals surface area contributed by atoms with E-state index >= 15 is 0 Å². The average molecular weight is 300 g/mol. The average Bonchev–Trinajstić information content (AvgIpc) is 2.40. The lowest BCUT2D eigenvalue weighted by Crippen LogP contribution is -2.32. The highest BCUT2D eigenvalue weighted by atomic mass is 35.5. The van der Waals surface area contributed by atoms with Gasteiger partial charge in [-0.05, 0) is 12.1 Å². The highest BCUT2D eigenvalue weighted by Crippen LogP contribution is 2.16. The molecule has 7 heteroatoms. The molecule has 0 atom stereocenters. The number of amides is 1. The van der Waals surface area contributed by atoms with E-state index in [2.05, 4.69) is 10.6 Å². The van der Waals surface area contributed by atoms with Gasteiger partial charge >= 0.3 is 0 Å². The van der Waals surface area contributed by atoms with Crippen molar-refractivity contribution in [3.8, 4) is 0 Å². The number of hydrogen-bond donors (Lipinski definition) is 3. The van der Waals surface area contributed by atoms with E-state index in [0.717, 1.165) is 6.07 Å². The van der Waals surface area contributed by atoms with Crippen LogP contribution in [-0.4, -0.2) is 12.5 Å². The van der Waals surface area contributed by atoms with Crippen molar-refractivity contribution in [1.82, 2.24) is 10.6 Å². The highest BCUT2D eigenvalue weighted by molar-refractivity contribution is 6.29. The Bertz CT molecular complexity index is 614. The van der Waals surface area contributed by atoms with Gasteiger partial charge in [0, 0.05) is 24.4 Å². The summed E-state index contributed by atoms with van der Waals surface area (Å²) in [6, 6.07) is 3.89. The number of hydrogen-bond acceptors (Lipinski definition) is 3. The van der Waals surface area contributed by atoms with Crippen molar-refractivity contribution in [2.24, 2.45) is 5.73 Å². The molecule has 1 aromatic rings. The van der Waals surface area contributed by atoms with E-state index in [1.165, 1.54) is 18.2 Å². The van der Waals surface area contributed by atoms with E-state index in [-0.39, 0.29) is 18.7 Å². The van der Waals surface area contributed by atoms with Gasteiger partial charge in [-0.2, -0.15) is 0 Å². The molecule has 20 heavy (non-hydrogen) atoms. The molecule has 1 aliphatic heterocycles. The number of halogens is 3. The standard InChI is InChI=1S/C13H12ClF2N3O/c14-11-4-10(8(6-19-11)13(17)20)18-5-7-2-1-3-9(15)12(7)16/h1-4,18-19H,5-6H2,(H2,17,20). The van der Waals surface area contributed by atoms with Gasteiger partial charge in [-0.3, -0.25) is 4.79 Å². The molecule has 0 aromatic heterocycles. The quantitative estimate of drug-likeness (QED) is 0.738. The van der Waals surface area contributed by atoms with Gasteiger partial charge in [0.05, 0.1) is 5.57 Å². The highest BCUT2D eigenvalue weighted by Gasteiger charge is 2.17. The minimum absolute atomic E-state index is 0.0103. The summed E-state index contributed by atoms with van der Waals surface area (Å²) in [5.74, 6) is -2.46.